The molecule has 0 aliphatic heterocycles. The van der Waals surface area contributed by atoms with Crippen LogP contribution in [-0.2, 0) is 15.6 Å². The number of carbonyl (C=O) groups is 2. The van der Waals surface area contributed by atoms with E-state index in [0.29, 0.717) is 11.1 Å². The summed E-state index contributed by atoms with van der Waals surface area (Å²) < 4.78 is 10.9. The third kappa shape index (κ3) is 5.91. The number of hydrogen-bond acceptors (Lipinski definition) is 5. The van der Waals surface area contributed by atoms with Crippen molar-refractivity contribution in [1.82, 2.24) is 10.8 Å². The fourth-order valence-electron chi connectivity index (χ4n) is 2.56. The van der Waals surface area contributed by atoms with Gasteiger partial charge in [-0.05, 0) is 62.3 Å². The molecule has 1 saturated carbocycles. The van der Waals surface area contributed by atoms with Gasteiger partial charge in [-0.25, -0.2) is 5.48 Å². The van der Waals surface area contributed by atoms with Gasteiger partial charge in [-0.15, -0.1) is 0 Å². The van der Waals surface area contributed by atoms with E-state index in [2.05, 4.69) is 29.0 Å². The van der Waals surface area contributed by atoms with Gasteiger partial charge in [0.05, 0.1) is 4.75 Å². The predicted molar refractivity (Wildman–Crippen MR) is 109 cm³/mol. The number of benzene rings is 1. The van der Waals surface area contributed by atoms with Crippen LogP contribution in [0, 0.1) is 35.5 Å². The van der Waals surface area contributed by atoms with Gasteiger partial charge in [-0.1, -0.05) is 11.8 Å². The smallest absolute Gasteiger partial charge is 0.267 e. The van der Waals surface area contributed by atoms with Crippen LogP contribution in [0.25, 0.3) is 0 Å². The Morgan fingerprint density at radius 1 is 1.28 bits per heavy atom. The molecule has 7 nitrogen and oxygen atoms in total. The molecule has 1 aliphatic rings. The molecule has 154 valence electrons. The number of nitrogens with one attached hydrogen (secondary N) is 2. The molecule has 0 aromatic heterocycles. The maximum atomic E-state index is 12.5. The Balaban J connectivity index is 2.06. The van der Waals surface area contributed by atoms with E-state index >= 15 is 0 Å². The van der Waals surface area contributed by atoms with Gasteiger partial charge < -0.3 is 10.4 Å². The molecule has 1 aliphatic carbocycles. The first kappa shape index (κ1) is 22.6. The number of rotatable bonds is 6. The highest BCUT2D eigenvalue weighted by molar-refractivity contribution is 7.85. The maximum Gasteiger partial charge on any atom is 0.267 e. The second-order valence-electron chi connectivity index (χ2n) is 7.32. The van der Waals surface area contributed by atoms with Crippen molar-refractivity contribution in [2.24, 2.45) is 11.8 Å². The Labute approximate surface area is 172 Å². The lowest BCUT2D eigenvalue weighted by molar-refractivity contribution is -0.131. The number of carbonyl (C=O) groups excluding carboxylic acids is 2. The normalized spacial score (nSPS) is 19.5. The van der Waals surface area contributed by atoms with Gasteiger partial charge in [0, 0.05) is 40.7 Å². The summed E-state index contributed by atoms with van der Waals surface area (Å²) in [5, 5.41) is 20.4. The van der Waals surface area contributed by atoms with E-state index in [4.69, 9.17) is 10.3 Å². The number of aliphatic hydroxyl groups is 1. The van der Waals surface area contributed by atoms with Gasteiger partial charge in [-0.3, -0.25) is 19.0 Å². The van der Waals surface area contributed by atoms with Crippen LogP contribution in [0.15, 0.2) is 24.3 Å². The van der Waals surface area contributed by atoms with E-state index in [1.54, 1.807) is 38.1 Å². The van der Waals surface area contributed by atoms with E-state index < -0.39 is 33.4 Å². The molecule has 0 heterocycles. The molecular formula is C21H24N2O5S. The van der Waals surface area contributed by atoms with Gasteiger partial charge in [0.25, 0.3) is 11.8 Å². The number of amides is 2. The van der Waals surface area contributed by atoms with Gasteiger partial charge >= 0.3 is 0 Å². The molecule has 2 amide bonds. The molecule has 1 fully saturated rings. The summed E-state index contributed by atoms with van der Waals surface area (Å²) in [6.45, 7) is 3.28. The van der Waals surface area contributed by atoms with E-state index in [1.165, 1.54) is 11.7 Å². The van der Waals surface area contributed by atoms with Crippen LogP contribution in [0.2, 0.25) is 0 Å². The lowest BCUT2D eigenvalue weighted by atomic mass is 10.0. The molecule has 2 rings (SSSR count). The molecule has 29 heavy (non-hydrogen) atoms. The van der Waals surface area contributed by atoms with E-state index in [1.807, 2.05) is 0 Å². The number of hydroxylamine groups is 1. The monoisotopic (exact) mass is 416 g/mol. The lowest BCUT2D eigenvalue weighted by Gasteiger charge is -2.31. The standard InChI is InChI=1S/C21H24N2O5S/c1-21(2,29(3)28)18(20(26)23-27)22-19(25)15-10-8-14(9-11-15)6-4-5-7-16-12-17(16)13-24/h8-11,16-18,24,27H,12-13H2,1-3H3,(H,22,25)(H,23,26)/t16?,17?,18-,29?/m1/s1. The average molecular weight is 416 g/mol. The second-order valence-corrected chi connectivity index (χ2v) is 9.28. The average Bonchev–Trinajstić information content (AvgIpc) is 3.47. The Bertz CT molecular complexity index is 918. The number of aliphatic hydroxyl groups excluding tert-OH is 1. The molecule has 0 radical (unpaired) electrons. The highest BCUT2D eigenvalue weighted by Gasteiger charge is 2.40. The molecule has 3 unspecified atom stereocenters. The van der Waals surface area contributed by atoms with Crippen LogP contribution < -0.4 is 10.8 Å². The summed E-state index contributed by atoms with van der Waals surface area (Å²) in [5.41, 5.74) is 2.47. The molecular weight excluding hydrogens is 392 g/mol. The van der Waals surface area contributed by atoms with E-state index in [-0.39, 0.29) is 18.4 Å². The summed E-state index contributed by atoms with van der Waals surface area (Å²) in [4.78, 5) is 24.5. The fourth-order valence-corrected chi connectivity index (χ4v) is 3.06. The molecule has 0 saturated heterocycles. The molecule has 1 aromatic rings. The molecule has 4 atom stereocenters. The molecule has 1 aromatic carbocycles. The zero-order chi connectivity index (χ0) is 21.6. The summed E-state index contributed by atoms with van der Waals surface area (Å²) in [6, 6.07) is 5.23. The third-order valence-corrected chi connectivity index (χ3v) is 6.63. The SMILES string of the molecule is CS(=O)C(C)(C)[C@H](NC(=O)c1ccc(C#CC#CC2CC2CO)cc1)C(=O)NO. The van der Waals surface area contributed by atoms with Crippen molar-refractivity contribution in [2.75, 3.05) is 12.9 Å². The van der Waals surface area contributed by atoms with Gasteiger partial charge in [-0.2, -0.15) is 0 Å². The Kier molecular flexibility index (Phi) is 7.58. The first-order chi connectivity index (χ1) is 13.7. The van der Waals surface area contributed by atoms with Crippen molar-refractivity contribution in [3.05, 3.63) is 35.4 Å². The van der Waals surface area contributed by atoms with Crippen LogP contribution >= 0.6 is 0 Å². The van der Waals surface area contributed by atoms with E-state index in [9.17, 15) is 13.8 Å². The highest BCUT2D eigenvalue weighted by Crippen LogP contribution is 2.36. The predicted octanol–water partition coefficient (Wildman–Crippen LogP) is 0.431. The van der Waals surface area contributed by atoms with Crippen molar-refractivity contribution >= 4 is 22.6 Å². The van der Waals surface area contributed by atoms with Crippen LogP contribution in [-0.4, -0.2) is 50.0 Å². The quantitative estimate of drug-likeness (QED) is 0.305. The maximum absolute atomic E-state index is 12.5. The minimum atomic E-state index is -1.44. The molecule has 4 N–H and O–H groups in total. The first-order valence-electron chi connectivity index (χ1n) is 9.01. The Morgan fingerprint density at radius 2 is 1.93 bits per heavy atom. The number of hydrogen-bond donors (Lipinski definition) is 4. The minimum Gasteiger partial charge on any atom is -0.396 e. The van der Waals surface area contributed by atoms with Crippen LogP contribution in [0.1, 0.15) is 36.2 Å². The van der Waals surface area contributed by atoms with Crippen LogP contribution in [0.4, 0.5) is 0 Å². The second kappa shape index (κ2) is 9.71. The fraction of sp³-hybridized carbons (Fsp3) is 0.429. The minimum absolute atomic E-state index is 0.155. The molecule has 8 heteroatoms. The highest BCUT2D eigenvalue weighted by atomic mass is 32.2. The van der Waals surface area contributed by atoms with Crippen LogP contribution in [0.5, 0.6) is 0 Å². The third-order valence-electron chi connectivity index (χ3n) is 4.91. The van der Waals surface area contributed by atoms with Gasteiger partial charge in [0.2, 0.25) is 0 Å². The summed E-state index contributed by atoms with van der Waals surface area (Å²) >= 11 is 0. The van der Waals surface area contributed by atoms with Crippen molar-refractivity contribution in [3.63, 3.8) is 0 Å². The van der Waals surface area contributed by atoms with Crippen molar-refractivity contribution in [3.8, 4) is 23.7 Å². The van der Waals surface area contributed by atoms with Crippen molar-refractivity contribution in [2.45, 2.75) is 31.1 Å². The molecule has 0 spiro atoms. The first-order valence-corrected chi connectivity index (χ1v) is 10.6. The van der Waals surface area contributed by atoms with Gasteiger partial charge in [0.15, 0.2) is 0 Å². The largest absolute Gasteiger partial charge is 0.396 e. The topological polar surface area (TPSA) is 116 Å². The summed E-state index contributed by atoms with van der Waals surface area (Å²) in [5.74, 6) is 10.5. The van der Waals surface area contributed by atoms with Crippen LogP contribution in [0.3, 0.4) is 0 Å². The zero-order valence-corrected chi connectivity index (χ0v) is 17.3. The lowest BCUT2D eigenvalue weighted by Crippen LogP contribution is -2.58. The van der Waals surface area contributed by atoms with Crippen molar-refractivity contribution in [1.29, 1.82) is 0 Å². The summed E-state index contributed by atoms with van der Waals surface area (Å²) in [6.07, 6.45) is 2.33. The summed E-state index contributed by atoms with van der Waals surface area (Å²) in [7, 11) is -1.44. The molecule has 0 bridgehead atoms. The zero-order valence-electron chi connectivity index (χ0n) is 16.5. The van der Waals surface area contributed by atoms with E-state index in [0.717, 1.165) is 6.42 Å². The Hall–Kier alpha value is -2.65. The van der Waals surface area contributed by atoms with Gasteiger partial charge in [0.1, 0.15) is 6.04 Å². The van der Waals surface area contributed by atoms with Crippen molar-refractivity contribution < 1.29 is 24.1 Å². The Morgan fingerprint density at radius 3 is 2.45 bits per heavy atom.